The van der Waals surface area contributed by atoms with Crippen LogP contribution in [0.3, 0.4) is 0 Å². The van der Waals surface area contributed by atoms with Gasteiger partial charge in [-0.15, -0.1) is 0 Å². The first-order chi connectivity index (χ1) is 13.6. The summed E-state index contributed by atoms with van der Waals surface area (Å²) >= 11 is 0. The monoisotopic (exact) mass is 403 g/mol. The predicted molar refractivity (Wildman–Crippen MR) is 108 cm³/mol. The number of esters is 1. The van der Waals surface area contributed by atoms with Gasteiger partial charge in [0.2, 0.25) is 0 Å². The third-order valence-electron chi connectivity index (χ3n) is 4.73. The van der Waals surface area contributed by atoms with Gasteiger partial charge in [-0.25, -0.2) is 4.67 Å². The quantitative estimate of drug-likeness (QED) is 0.522. The van der Waals surface area contributed by atoms with Crippen molar-refractivity contribution < 1.29 is 23.4 Å². The summed E-state index contributed by atoms with van der Waals surface area (Å²) in [6.07, 6.45) is 1.11. The molecule has 1 saturated heterocycles. The molecule has 0 N–H and O–H groups in total. The highest BCUT2D eigenvalue weighted by Crippen LogP contribution is 2.53. The number of methoxy groups -OCH3 is 1. The third kappa shape index (κ3) is 4.46. The summed E-state index contributed by atoms with van der Waals surface area (Å²) in [6, 6.07) is 16.0. The molecule has 28 heavy (non-hydrogen) atoms. The van der Waals surface area contributed by atoms with Gasteiger partial charge in [-0.1, -0.05) is 30.3 Å². The van der Waals surface area contributed by atoms with Gasteiger partial charge in [-0.3, -0.25) is 9.36 Å². The molecule has 1 fully saturated rings. The van der Waals surface area contributed by atoms with Gasteiger partial charge in [0.1, 0.15) is 11.8 Å². The van der Waals surface area contributed by atoms with E-state index in [9.17, 15) is 9.36 Å². The molecule has 1 aliphatic rings. The molecular weight excluding hydrogens is 377 g/mol. The van der Waals surface area contributed by atoms with Gasteiger partial charge in [0.25, 0.3) is 0 Å². The van der Waals surface area contributed by atoms with E-state index in [0.29, 0.717) is 37.0 Å². The number of rotatable bonds is 7. The van der Waals surface area contributed by atoms with E-state index < -0.39 is 13.6 Å². The zero-order valence-electron chi connectivity index (χ0n) is 16.2. The van der Waals surface area contributed by atoms with Crippen molar-refractivity contribution in [2.75, 3.05) is 26.9 Å². The number of benzene rings is 2. The molecule has 0 radical (unpaired) electrons. The van der Waals surface area contributed by atoms with Gasteiger partial charge in [0, 0.05) is 6.54 Å². The zero-order valence-corrected chi connectivity index (χ0v) is 17.1. The predicted octanol–water partition coefficient (Wildman–Crippen LogP) is 3.41. The van der Waals surface area contributed by atoms with E-state index in [4.69, 9.17) is 14.0 Å². The van der Waals surface area contributed by atoms with Crippen molar-refractivity contribution in [3.8, 4) is 5.75 Å². The minimum absolute atomic E-state index is 0.270. The molecule has 0 amide bonds. The molecule has 2 atom stereocenters. The molecule has 0 saturated carbocycles. The van der Waals surface area contributed by atoms with E-state index >= 15 is 0 Å². The highest BCUT2D eigenvalue weighted by molar-refractivity contribution is 7.64. The van der Waals surface area contributed by atoms with Crippen molar-refractivity contribution >= 4 is 18.8 Å². The lowest BCUT2D eigenvalue weighted by Crippen LogP contribution is -2.46. The van der Waals surface area contributed by atoms with E-state index in [1.807, 2.05) is 30.3 Å². The van der Waals surface area contributed by atoms with Crippen LogP contribution in [0, 0.1) is 0 Å². The number of hydrogen-bond acceptors (Lipinski definition) is 5. The van der Waals surface area contributed by atoms with Crippen LogP contribution in [0.2, 0.25) is 0 Å². The minimum atomic E-state index is -3.40. The molecule has 7 heteroatoms. The Balaban J connectivity index is 1.96. The van der Waals surface area contributed by atoms with Crippen molar-refractivity contribution in [2.45, 2.75) is 25.8 Å². The van der Waals surface area contributed by atoms with Crippen molar-refractivity contribution in [2.24, 2.45) is 0 Å². The molecule has 0 aliphatic carbocycles. The molecule has 150 valence electrons. The van der Waals surface area contributed by atoms with Crippen LogP contribution >= 0.6 is 7.52 Å². The fourth-order valence-corrected chi connectivity index (χ4v) is 5.78. The Morgan fingerprint density at radius 1 is 1.18 bits per heavy atom. The smallest absolute Gasteiger partial charge is 0.324 e. The molecule has 0 bridgehead atoms. The first kappa shape index (κ1) is 20.6. The van der Waals surface area contributed by atoms with Gasteiger partial charge in [0.15, 0.2) is 0 Å². The van der Waals surface area contributed by atoms with Crippen LogP contribution in [0.4, 0.5) is 0 Å². The van der Waals surface area contributed by atoms with Crippen LogP contribution < -0.4 is 10.0 Å². The van der Waals surface area contributed by atoms with E-state index in [2.05, 4.69) is 0 Å². The number of nitrogens with zero attached hydrogens (tertiary/aromatic N) is 1. The Kier molecular flexibility index (Phi) is 6.89. The summed E-state index contributed by atoms with van der Waals surface area (Å²) in [7, 11) is -1.82. The topological polar surface area (TPSA) is 65.1 Å². The average molecular weight is 403 g/mol. The van der Waals surface area contributed by atoms with E-state index in [1.165, 1.54) is 0 Å². The summed E-state index contributed by atoms with van der Waals surface area (Å²) in [5, 5.41) is 0.551. The number of hydrogen-bond donors (Lipinski definition) is 0. The van der Waals surface area contributed by atoms with Crippen LogP contribution in [-0.4, -0.2) is 43.5 Å². The van der Waals surface area contributed by atoms with E-state index in [1.54, 1.807) is 43.0 Å². The van der Waals surface area contributed by atoms with E-state index in [-0.39, 0.29) is 12.6 Å². The van der Waals surface area contributed by atoms with E-state index in [0.717, 1.165) is 5.56 Å². The maximum Gasteiger partial charge on any atom is 0.324 e. The lowest BCUT2D eigenvalue weighted by Gasteiger charge is -2.39. The first-order valence-electron chi connectivity index (χ1n) is 9.45. The van der Waals surface area contributed by atoms with Gasteiger partial charge in [-0.05, 0) is 49.6 Å². The highest BCUT2D eigenvalue weighted by Gasteiger charge is 2.44. The molecule has 1 unspecified atom stereocenters. The molecule has 6 nitrogen and oxygen atoms in total. The van der Waals surface area contributed by atoms with Crippen LogP contribution in [-0.2, 0) is 25.0 Å². The second-order valence-electron chi connectivity index (χ2n) is 6.53. The Labute approximate surface area is 165 Å². The maximum atomic E-state index is 14.0. The molecular formula is C21H26NO5P. The second-order valence-corrected chi connectivity index (χ2v) is 8.86. The van der Waals surface area contributed by atoms with Crippen LogP contribution in [0.1, 0.15) is 18.9 Å². The molecule has 1 heterocycles. The lowest BCUT2D eigenvalue weighted by molar-refractivity contribution is -0.148. The average Bonchev–Trinajstić information content (AvgIpc) is 2.73. The fourth-order valence-electron chi connectivity index (χ4n) is 3.34. The molecule has 3 rings (SSSR count). The van der Waals surface area contributed by atoms with Crippen LogP contribution in [0.5, 0.6) is 5.75 Å². The molecule has 1 aliphatic heterocycles. The summed E-state index contributed by atoms with van der Waals surface area (Å²) in [4.78, 5) is 12.8. The minimum Gasteiger partial charge on any atom is -0.497 e. The second kappa shape index (κ2) is 9.37. The van der Waals surface area contributed by atoms with Gasteiger partial charge in [0.05, 0.1) is 25.6 Å². The Morgan fingerprint density at radius 3 is 2.54 bits per heavy atom. The maximum absolute atomic E-state index is 14.0. The number of ether oxygens (including phenoxy) is 2. The number of carbonyl (C=O) groups excluding carboxylic acids is 1. The molecule has 2 aromatic carbocycles. The molecule has 0 spiro atoms. The Hall–Kier alpha value is -2.14. The van der Waals surface area contributed by atoms with Crippen molar-refractivity contribution in [3.63, 3.8) is 0 Å². The van der Waals surface area contributed by atoms with Gasteiger partial charge >= 0.3 is 13.5 Å². The highest BCUT2D eigenvalue weighted by atomic mass is 31.2. The van der Waals surface area contributed by atoms with Crippen LogP contribution in [0.25, 0.3) is 0 Å². The third-order valence-corrected chi connectivity index (χ3v) is 7.36. The fraction of sp³-hybridized carbons (Fsp3) is 0.381. The van der Waals surface area contributed by atoms with Crippen molar-refractivity contribution in [3.05, 3.63) is 60.2 Å². The normalized spacial score (nSPS) is 21.1. The lowest BCUT2D eigenvalue weighted by atomic mass is 10.1. The standard InChI is InChI=1S/C21H26NO5P/c1-3-26-21(23)20(16-17-8-5-4-6-9-17)22-14-7-15-27-28(22,24)19-12-10-18(25-2)11-13-19/h4-6,8-13,20H,3,7,14-16H2,1-2H3/t20-,28?/m0/s1. The summed E-state index contributed by atoms with van der Waals surface area (Å²) in [6.45, 7) is 2.93. The number of carbonyl (C=O) groups is 1. The van der Waals surface area contributed by atoms with Crippen LogP contribution in [0.15, 0.2) is 54.6 Å². The summed E-state index contributed by atoms with van der Waals surface area (Å²) in [5.41, 5.74) is 0.979. The summed E-state index contributed by atoms with van der Waals surface area (Å²) < 4.78 is 32.0. The first-order valence-corrected chi connectivity index (χ1v) is 11.0. The SMILES string of the molecule is CCOC(=O)[C@H](Cc1ccccc1)N1CCCOP1(=O)c1ccc(OC)cc1. The summed E-state index contributed by atoms with van der Waals surface area (Å²) in [5.74, 6) is 0.288. The van der Waals surface area contributed by atoms with Crippen molar-refractivity contribution in [1.82, 2.24) is 4.67 Å². The Bertz CT molecular complexity index is 824. The molecule has 2 aromatic rings. The van der Waals surface area contributed by atoms with Gasteiger partial charge in [-0.2, -0.15) is 0 Å². The largest absolute Gasteiger partial charge is 0.497 e. The van der Waals surface area contributed by atoms with Gasteiger partial charge < -0.3 is 14.0 Å². The molecule has 0 aromatic heterocycles. The zero-order chi connectivity index (χ0) is 20.0. The van der Waals surface area contributed by atoms with Crippen molar-refractivity contribution in [1.29, 1.82) is 0 Å². The Morgan fingerprint density at radius 2 is 1.89 bits per heavy atom.